The van der Waals surface area contributed by atoms with E-state index in [9.17, 15) is 4.79 Å². The summed E-state index contributed by atoms with van der Waals surface area (Å²) >= 11 is 4.92. The number of thiazole rings is 1. The van der Waals surface area contributed by atoms with Crippen molar-refractivity contribution in [2.75, 3.05) is 0 Å². The average Bonchev–Trinajstić information content (AvgIpc) is 2.70. The van der Waals surface area contributed by atoms with E-state index in [4.69, 9.17) is 5.11 Å². The van der Waals surface area contributed by atoms with Gasteiger partial charge in [-0.3, -0.25) is 4.79 Å². The van der Waals surface area contributed by atoms with Gasteiger partial charge in [-0.2, -0.15) is 0 Å². The molecule has 0 bridgehead atoms. The molecule has 3 nitrogen and oxygen atoms in total. The Morgan fingerprint density at radius 1 is 1.44 bits per heavy atom. The molecule has 1 aromatic heterocycles. The van der Waals surface area contributed by atoms with Crippen molar-refractivity contribution in [1.82, 2.24) is 4.98 Å². The molecule has 0 fully saturated rings. The number of halogens is 1. The van der Waals surface area contributed by atoms with Crippen LogP contribution in [0.1, 0.15) is 23.4 Å². The van der Waals surface area contributed by atoms with Gasteiger partial charge in [0.05, 0.1) is 11.6 Å². The standard InChI is InChI=1S/C13H12BrNO2S/c1-7(13(16)17)11-8(2)15-12(18-11)9-5-3-4-6-10(9)14/h3-7H,1-2H3,(H,16,17). The average molecular weight is 326 g/mol. The van der Waals surface area contributed by atoms with Gasteiger partial charge < -0.3 is 5.11 Å². The number of benzene rings is 1. The summed E-state index contributed by atoms with van der Waals surface area (Å²) in [6.45, 7) is 3.54. The van der Waals surface area contributed by atoms with Gasteiger partial charge in [0.15, 0.2) is 0 Å². The lowest BCUT2D eigenvalue weighted by Crippen LogP contribution is -2.06. The summed E-state index contributed by atoms with van der Waals surface area (Å²) < 4.78 is 0.966. The molecule has 1 N–H and O–H groups in total. The predicted molar refractivity (Wildman–Crippen MR) is 76.0 cm³/mol. The summed E-state index contributed by atoms with van der Waals surface area (Å²) in [5.74, 6) is -1.33. The fourth-order valence-electron chi connectivity index (χ4n) is 1.67. The molecule has 1 aromatic carbocycles. The zero-order valence-electron chi connectivity index (χ0n) is 9.98. The minimum absolute atomic E-state index is 0.515. The maximum Gasteiger partial charge on any atom is 0.311 e. The van der Waals surface area contributed by atoms with E-state index in [-0.39, 0.29) is 0 Å². The van der Waals surface area contributed by atoms with Crippen LogP contribution >= 0.6 is 27.3 Å². The van der Waals surface area contributed by atoms with Crippen molar-refractivity contribution in [3.63, 3.8) is 0 Å². The fraction of sp³-hybridized carbons (Fsp3) is 0.231. The van der Waals surface area contributed by atoms with Crippen LogP contribution in [-0.4, -0.2) is 16.1 Å². The smallest absolute Gasteiger partial charge is 0.311 e. The zero-order chi connectivity index (χ0) is 13.3. The first-order valence-electron chi connectivity index (χ1n) is 5.45. The van der Waals surface area contributed by atoms with Gasteiger partial charge in [0, 0.05) is 14.9 Å². The van der Waals surface area contributed by atoms with Crippen LogP contribution in [0, 0.1) is 6.92 Å². The van der Waals surface area contributed by atoms with E-state index >= 15 is 0 Å². The van der Waals surface area contributed by atoms with Gasteiger partial charge in [0.2, 0.25) is 0 Å². The summed E-state index contributed by atoms with van der Waals surface area (Å²) in [5, 5.41) is 9.91. The second-order valence-electron chi connectivity index (χ2n) is 4.01. The predicted octanol–water partition coefficient (Wildman–Crippen LogP) is 4.07. The van der Waals surface area contributed by atoms with Crippen molar-refractivity contribution >= 4 is 33.2 Å². The first-order valence-corrected chi connectivity index (χ1v) is 7.06. The molecular formula is C13H12BrNO2S. The van der Waals surface area contributed by atoms with Crippen LogP contribution < -0.4 is 0 Å². The number of carbonyl (C=O) groups is 1. The molecule has 0 aliphatic rings. The van der Waals surface area contributed by atoms with Crippen LogP contribution in [0.2, 0.25) is 0 Å². The molecule has 94 valence electrons. The molecule has 0 spiro atoms. The Kier molecular flexibility index (Phi) is 3.82. The number of aryl methyl sites for hydroxylation is 1. The fourth-order valence-corrected chi connectivity index (χ4v) is 3.43. The van der Waals surface area contributed by atoms with Gasteiger partial charge in [-0.15, -0.1) is 11.3 Å². The van der Waals surface area contributed by atoms with Crippen LogP contribution in [0.4, 0.5) is 0 Å². The normalized spacial score (nSPS) is 12.4. The Balaban J connectivity index is 2.47. The van der Waals surface area contributed by atoms with Gasteiger partial charge in [0.1, 0.15) is 5.01 Å². The van der Waals surface area contributed by atoms with Crippen LogP contribution in [0.25, 0.3) is 10.6 Å². The molecule has 0 saturated heterocycles. The molecule has 1 heterocycles. The topological polar surface area (TPSA) is 50.2 Å². The SMILES string of the molecule is Cc1nc(-c2ccccc2Br)sc1C(C)C(=O)O. The maximum absolute atomic E-state index is 11.0. The Labute approximate surface area is 118 Å². The van der Waals surface area contributed by atoms with Crippen LogP contribution in [0.5, 0.6) is 0 Å². The first kappa shape index (κ1) is 13.2. The minimum atomic E-state index is -0.819. The third kappa shape index (κ3) is 2.47. The number of hydrogen-bond donors (Lipinski definition) is 1. The maximum atomic E-state index is 11.0. The lowest BCUT2D eigenvalue weighted by Gasteiger charge is -2.02. The third-order valence-electron chi connectivity index (χ3n) is 2.70. The lowest BCUT2D eigenvalue weighted by molar-refractivity contribution is -0.138. The van der Waals surface area contributed by atoms with Crippen molar-refractivity contribution in [2.45, 2.75) is 19.8 Å². The van der Waals surface area contributed by atoms with Crippen molar-refractivity contribution < 1.29 is 9.90 Å². The van der Waals surface area contributed by atoms with Crippen molar-refractivity contribution in [3.8, 4) is 10.6 Å². The van der Waals surface area contributed by atoms with E-state index in [1.165, 1.54) is 11.3 Å². The highest BCUT2D eigenvalue weighted by Gasteiger charge is 2.21. The van der Waals surface area contributed by atoms with E-state index in [1.54, 1.807) is 6.92 Å². The van der Waals surface area contributed by atoms with E-state index < -0.39 is 11.9 Å². The molecule has 0 amide bonds. The summed E-state index contributed by atoms with van der Waals surface area (Å²) in [7, 11) is 0. The Morgan fingerprint density at radius 2 is 2.11 bits per heavy atom. The molecule has 2 rings (SSSR count). The number of aliphatic carboxylic acids is 1. The van der Waals surface area contributed by atoms with E-state index in [0.29, 0.717) is 0 Å². The second-order valence-corrected chi connectivity index (χ2v) is 5.89. The van der Waals surface area contributed by atoms with E-state index in [0.717, 1.165) is 25.6 Å². The monoisotopic (exact) mass is 325 g/mol. The van der Waals surface area contributed by atoms with Gasteiger partial charge in [0.25, 0.3) is 0 Å². The minimum Gasteiger partial charge on any atom is -0.481 e. The zero-order valence-corrected chi connectivity index (χ0v) is 12.4. The first-order chi connectivity index (χ1) is 8.50. The van der Waals surface area contributed by atoms with Gasteiger partial charge >= 0.3 is 5.97 Å². The second kappa shape index (κ2) is 5.20. The van der Waals surface area contributed by atoms with Crippen LogP contribution in [-0.2, 0) is 4.79 Å². The highest BCUT2D eigenvalue weighted by molar-refractivity contribution is 9.10. The third-order valence-corrected chi connectivity index (χ3v) is 4.77. The Morgan fingerprint density at radius 3 is 2.72 bits per heavy atom. The number of aromatic nitrogens is 1. The molecule has 1 atom stereocenters. The van der Waals surface area contributed by atoms with Crippen molar-refractivity contribution in [2.24, 2.45) is 0 Å². The molecule has 0 radical (unpaired) electrons. The summed E-state index contributed by atoms with van der Waals surface area (Å²) in [6, 6.07) is 7.80. The van der Waals surface area contributed by atoms with Gasteiger partial charge in [-0.05, 0) is 19.9 Å². The van der Waals surface area contributed by atoms with Crippen LogP contribution in [0.15, 0.2) is 28.7 Å². The van der Waals surface area contributed by atoms with Gasteiger partial charge in [-0.25, -0.2) is 4.98 Å². The molecule has 2 aromatic rings. The van der Waals surface area contributed by atoms with Gasteiger partial charge in [-0.1, -0.05) is 34.1 Å². The highest BCUT2D eigenvalue weighted by atomic mass is 79.9. The number of rotatable bonds is 3. The van der Waals surface area contributed by atoms with Crippen LogP contribution in [0.3, 0.4) is 0 Å². The summed E-state index contributed by atoms with van der Waals surface area (Å²) in [4.78, 5) is 16.3. The molecule has 0 aliphatic carbocycles. The summed E-state index contributed by atoms with van der Waals surface area (Å²) in [6.07, 6.45) is 0. The molecule has 0 saturated carbocycles. The Hall–Kier alpha value is -1.20. The van der Waals surface area contributed by atoms with E-state index in [1.807, 2.05) is 31.2 Å². The Bertz CT molecular complexity index is 594. The molecule has 1 unspecified atom stereocenters. The summed E-state index contributed by atoms with van der Waals surface area (Å²) in [5.41, 5.74) is 1.79. The highest BCUT2D eigenvalue weighted by Crippen LogP contribution is 2.35. The van der Waals surface area contributed by atoms with Crippen molar-refractivity contribution in [3.05, 3.63) is 39.3 Å². The number of carboxylic acids is 1. The largest absolute Gasteiger partial charge is 0.481 e. The van der Waals surface area contributed by atoms with Crippen molar-refractivity contribution in [1.29, 1.82) is 0 Å². The number of nitrogens with zero attached hydrogens (tertiary/aromatic N) is 1. The number of carboxylic acid groups (broad SMARTS) is 1. The molecular weight excluding hydrogens is 314 g/mol. The number of hydrogen-bond acceptors (Lipinski definition) is 3. The van der Waals surface area contributed by atoms with E-state index in [2.05, 4.69) is 20.9 Å². The molecule has 18 heavy (non-hydrogen) atoms. The molecule has 5 heteroatoms. The lowest BCUT2D eigenvalue weighted by atomic mass is 10.1. The molecule has 0 aliphatic heterocycles. The quantitative estimate of drug-likeness (QED) is 0.925.